The van der Waals surface area contributed by atoms with Gasteiger partial charge in [0.15, 0.2) is 0 Å². The lowest BCUT2D eigenvalue weighted by Gasteiger charge is -2.27. The fraction of sp³-hybridized carbons (Fsp3) is 0.533. The van der Waals surface area contributed by atoms with Crippen LogP contribution in [0.5, 0.6) is 0 Å². The van der Waals surface area contributed by atoms with Gasteiger partial charge in [-0.1, -0.05) is 31.5 Å². The Labute approximate surface area is 109 Å². The Bertz CT molecular complexity index is 440. The van der Waals surface area contributed by atoms with Crippen LogP contribution < -0.4 is 10.6 Å². The molecule has 0 fully saturated rings. The van der Waals surface area contributed by atoms with Crippen LogP contribution >= 0.6 is 0 Å². The number of carbonyl (C=O) groups is 1. The molecule has 1 aliphatic rings. The van der Waals surface area contributed by atoms with Crippen molar-refractivity contribution >= 4 is 11.6 Å². The van der Waals surface area contributed by atoms with Crippen molar-refractivity contribution in [1.82, 2.24) is 5.32 Å². The Balaban J connectivity index is 2.08. The topological polar surface area (TPSA) is 41.1 Å². The van der Waals surface area contributed by atoms with Gasteiger partial charge in [0.2, 0.25) is 5.91 Å². The van der Waals surface area contributed by atoms with E-state index in [-0.39, 0.29) is 17.4 Å². The Morgan fingerprint density at radius 2 is 2.17 bits per heavy atom. The number of para-hydroxylation sites is 1. The highest BCUT2D eigenvalue weighted by atomic mass is 16.2. The summed E-state index contributed by atoms with van der Waals surface area (Å²) in [5, 5.41) is 6.45. The summed E-state index contributed by atoms with van der Waals surface area (Å²) < 4.78 is 0. The Kier molecular flexibility index (Phi) is 3.60. The maximum Gasteiger partial charge on any atom is 0.229 e. The molecule has 1 aromatic rings. The molecule has 1 heterocycles. The molecule has 0 spiro atoms. The van der Waals surface area contributed by atoms with Gasteiger partial charge in [-0.15, -0.1) is 0 Å². The molecule has 1 aliphatic heterocycles. The first-order valence-corrected chi connectivity index (χ1v) is 6.68. The number of hydrogen-bond donors (Lipinski definition) is 2. The molecule has 1 amide bonds. The number of anilines is 1. The average molecular weight is 246 g/mol. The number of fused-ring (bicyclic) bond motifs is 1. The van der Waals surface area contributed by atoms with E-state index in [1.807, 2.05) is 24.3 Å². The molecule has 98 valence electrons. The molecule has 3 nitrogen and oxygen atoms in total. The molecular formula is C15H22N2O. The predicted octanol–water partition coefficient (Wildman–Crippen LogP) is 2.89. The van der Waals surface area contributed by atoms with Crippen LogP contribution in [0.4, 0.5) is 5.69 Å². The smallest absolute Gasteiger partial charge is 0.229 e. The highest BCUT2D eigenvalue weighted by Crippen LogP contribution is 2.31. The second-order valence-electron chi connectivity index (χ2n) is 5.64. The van der Waals surface area contributed by atoms with Crippen molar-refractivity contribution < 1.29 is 4.79 Å². The van der Waals surface area contributed by atoms with Crippen molar-refractivity contribution in [3.05, 3.63) is 29.8 Å². The zero-order valence-electron chi connectivity index (χ0n) is 11.4. The standard InChI is InChI=1S/C15H22N2O/c1-4-9-15(2,3)17-14(18)12-10-16-13-8-6-5-7-11(12)13/h5-8,12,16H,4,9-10H2,1-3H3,(H,17,18). The van der Waals surface area contributed by atoms with Gasteiger partial charge in [-0.2, -0.15) is 0 Å². The summed E-state index contributed by atoms with van der Waals surface area (Å²) >= 11 is 0. The van der Waals surface area contributed by atoms with Crippen LogP contribution in [0.25, 0.3) is 0 Å². The summed E-state index contributed by atoms with van der Waals surface area (Å²) in [5.74, 6) is 0.0724. The number of benzene rings is 1. The molecule has 18 heavy (non-hydrogen) atoms. The first-order valence-electron chi connectivity index (χ1n) is 6.68. The van der Waals surface area contributed by atoms with E-state index in [1.54, 1.807) is 0 Å². The summed E-state index contributed by atoms with van der Waals surface area (Å²) in [5.41, 5.74) is 2.08. The minimum Gasteiger partial charge on any atom is -0.384 e. The van der Waals surface area contributed by atoms with Crippen LogP contribution in [0.15, 0.2) is 24.3 Å². The minimum atomic E-state index is -0.122. The van der Waals surface area contributed by atoms with Gasteiger partial charge >= 0.3 is 0 Å². The molecule has 0 aliphatic carbocycles. The minimum absolute atomic E-state index is 0.0580. The SMILES string of the molecule is CCCC(C)(C)NC(=O)C1CNc2ccccc21. The zero-order valence-corrected chi connectivity index (χ0v) is 11.4. The first kappa shape index (κ1) is 12.9. The third kappa shape index (κ3) is 2.66. The largest absolute Gasteiger partial charge is 0.384 e. The molecule has 0 bridgehead atoms. The Morgan fingerprint density at radius 3 is 2.89 bits per heavy atom. The maximum atomic E-state index is 12.3. The van der Waals surface area contributed by atoms with Gasteiger partial charge in [-0.25, -0.2) is 0 Å². The molecule has 1 unspecified atom stereocenters. The van der Waals surface area contributed by atoms with E-state index in [0.29, 0.717) is 6.54 Å². The summed E-state index contributed by atoms with van der Waals surface area (Å²) in [6.07, 6.45) is 2.08. The van der Waals surface area contributed by atoms with Crippen LogP contribution in [-0.4, -0.2) is 18.0 Å². The molecule has 1 aromatic carbocycles. The van der Waals surface area contributed by atoms with E-state index in [9.17, 15) is 4.79 Å². The normalized spacial score (nSPS) is 18.1. The third-order valence-electron chi connectivity index (χ3n) is 3.49. The Morgan fingerprint density at radius 1 is 1.44 bits per heavy atom. The van der Waals surface area contributed by atoms with Crippen molar-refractivity contribution in [1.29, 1.82) is 0 Å². The summed E-state index contributed by atoms with van der Waals surface area (Å²) in [4.78, 5) is 12.3. The van der Waals surface area contributed by atoms with E-state index >= 15 is 0 Å². The molecule has 2 rings (SSSR count). The maximum absolute atomic E-state index is 12.3. The van der Waals surface area contributed by atoms with Crippen molar-refractivity contribution in [2.24, 2.45) is 0 Å². The Hall–Kier alpha value is -1.51. The van der Waals surface area contributed by atoms with Gasteiger partial charge in [0.05, 0.1) is 5.92 Å². The number of carbonyl (C=O) groups excluding carboxylic acids is 1. The van der Waals surface area contributed by atoms with E-state index in [1.165, 1.54) is 0 Å². The average Bonchev–Trinajstić information content (AvgIpc) is 2.71. The van der Waals surface area contributed by atoms with Crippen LogP contribution in [0, 0.1) is 0 Å². The molecular weight excluding hydrogens is 224 g/mol. The van der Waals surface area contributed by atoms with Gasteiger partial charge in [0.1, 0.15) is 0 Å². The first-order chi connectivity index (χ1) is 8.53. The fourth-order valence-corrected chi connectivity index (χ4v) is 2.63. The third-order valence-corrected chi connectivity index (χ3v) is 3.49. The van der Waals surface area contributed by atoms with E-state index in [4.69, 9.17) is 0 Å². The molecule has 0 aromatic heterocycles. The van der Waals surface area contributed by atoms with Crippen molar-refractivity contribution in [2.45, 2.75) is 45.1 Å². The quantitative estimate of drug-likeness (QED) is 0.857. The van der Waals surface area contributed by atoms with Crippen LogP contribution in [-0.2, 0) is 4.79 Å². The van der Waals surface area contributed by atoms with Crippen LogP contribution in [0.1, 0.15) is 45.1 Å². The predicted molar refractivity (Wildman–Crippen MR) is 74.8 cm³/mol. The zero-order chi connectivity index (χ0) is 13.2. The van der Waals surface area contributed by atoms with Gasteiger partial charge in [0, 0.05) is 17.8 Å². The van der Waals surface area contributed by atoms with Crippen molar-refractivity contribution in [3.63, 3.8) is 0 Å². The highest BCUT2D eigenvalue weighted by Gasteiger charge is 2.31. The number of amides is 1. The van der Waals surface area contributed by atoms with E-state index in [0.717, 1.165) is 24.1 Å². The lowest BCUT2D eigenvalue weighted by molar-refractivity contribution is -0.123. The van der Waals surface area contributed by atoms with Gasteiger partial charge in [-0.05, 0) is 31.9 Å². The number of rotatable bonds is 4. The molecule has 1 atom stereocenters. The second-order valence-corrected chi connectivity index (χ2v) is 5.64. The van der Waals surface area contributed by atoms with E-state index < -0.39 is 0 Å². The summed E-state index contributed by atoms with van der Waals surface area (Å²) in [6, 6.07) is 8.04. The van der Waals surface area contributed by atoms with Crippen molar-refractivity contribution in [2.75, 3.05) is 11.9 Å². The molecule has 0 saturated heterocycles. The number of hydrogen-bond acceptors (Lipinski definition) is 2. The van der Waals surface area contributed by atoms with Crippen LogP contribution in [0.3, 0.4) is 0 Å². The second kappa shape index (κ2) is 5.01. The molecule has 0 saturated carbocycles. The fourth-order valence-electron chi connectivity index (χ4n) is 2.63. The monoisotopic (exact) mass is 246 g/mol. The van der Waals surface area contributed by atoms with Gasteiger partial charge < -0.3 is 10.6 Å². The molecule has 2 N–H and O–H groups in total. The summed E-state index contributed by atoms with van der Waals surface area (Å²) in [6.45, 7) is 7.01. The van der Waals surface area contributed by atoms with Gasteiger partial charge in [-0.3, -0.25) is 4.79 Å². The lowest BCUT2D eigenvalue weighted by Crippen LogP contribution is -2.45. The van der Waals surface area contributed by atoms with Crippen molar-refractivity contribution in [3.8, 4) is 0 Å². The molecule has 3 heteroatoms. The van der Waals surface area contributed by atoms with E-state index in [2.05, 4.69) is 31.4 Å². The highest BCUT2D eigenvalue weighted by molar-refractivity contribution is 5.88. The lowest BCUT2D eigenvalue weighted by atomic mass is 9.95. The molecule has 0 radical (unpaired) electrons. The number of nitrogens with one attached hydrogen (secondary N) is 2. The van der Waals surface area contributed by atoms with Crippen LogP contribution in [0.2, 0.25) is 0 Å². The van der Waals surface area contributed by atoms with Gasteiger partial charge in [0.25, 0.3) is 0 Å². The summed E-state index contributed by atoms with van der Waals surface area (Å²) in [7, 11) is 0.